The maximum Gasteiger partial charge on any atom is 0.266 e. The number of amides is 1. The quantitative estimate of drug-likeness (QED) is 0.705. The van der Waals surface area contributed by atoms with Crippen molar-refractivity contribution in [2.24, 2.45) is 0 Å². The molecule has 0 aliphatic rings. The molecule has 0 aliphatic heterocycles. The number of carbonyl (C=O) groups is 1. The van der Waals surface area contributed by atoms with Crippen molar-refractivity contribution in [1.29, 1.82) is 0 Å². The normalized spacial score (nSPS) is 10.3. The van der Waals surface area contributed by atoms with Gasteiger partial charge in [0.05, 0.1) is 5.56 Å². The van der Waals surface area contributed by atoms with Gasteiger partial charge in [-0.15, -0.1) is 0 Å². The Bertz CT molecular complexity index is 306. The van der Waals surface area contributed by atoms with E-state index in [0.29, 0.717) is 5.56 Å². The molecule has 1 rings (SSSR count). The highest BCUT2D eigenvalue weighted by molar-refractivity contribution is 5.93. The second-order valence-electron chi connectivity index (χ2n) is 3.44. The lowest BCUT2D eigenvalue weighted by molar-refractivity contribution is 0.0927. The van der Waals surface area contributed by atoms with Gasteiger partial charge in [-0.3, -0.25) is 15.2 Å². The Kier molecular flexibility index (Phi) is 3.59. The number of aromatic nitrogens is 1. The zero-order chi connectivity index (χ0) is 10.6. The van der Waals surface area contributed by atoms with E-state index in [2.05, 4.69) is 15.8 Å². The Morgan fingerprint density at radius 2 is 2.14 bits per heavy atom. The van der Waals surface area contributed by atoms with Crippen molar-refractivity contribution < 1.29 is 4.79 Å². The molecule has 0 saturated carbocycles. The summed E-state index contributed by atoms with van der Waals surface area (Å²) in [4.78, 5) is 15.5. The zero-order valence-electron chi connectivity index (χ0n) is 8.66. The Labute approximate surface area is 83.7 Å². The third-order valence-electron chi connectivity index (χ3n) is 1.65. The van der Waals surface area contributed by atoms with Crippen LogP contribution < -0.4 is 10.9 Å². The van der Waals surface area contributed by atoms with Crippen molar-refractivity contribution in [2.75, 3.05) is 0 Å². The molecule has 0 fully saturated rings. The lowest BCUT2D eigenvalue weighted by Crippen LogP contribution is -2.41. The molecular formula is C10H15N3O. The minimum Gasteiger partial charge on any atom is -0.287 e. The van der Waals surface area contributed by atoms with Gasteiger partial charge in [-0.25, -0.2) is 5.43 Å². The van der Waals surface area contributed by atoms with Crippen molar-refractivity contribution in [3.05, 3.63) is 29.6 Å². The first-order valence-electron chi connectivity index (χ1n) is 4.58. The monoisotopic (exact) mass is 193 g/mol. The number of hydrazine groups is 1. The number of hydrogen-bond donors (Lipinski definition) is 2. The summed E-state index contributed by atoms with van der Waals surface area (Å²) in [6.45, 7) is 5.79. The highest BCUT2D eigenvalue weighted by Crippen LogP contribution is 1.98. The smallest absolute Gasteiger partial charge is 0.266 e. The van der Waals surface area contributed by atoms with Gasteiger partial charge in [0.25, 0.3) is 5.91 Å². The Morgan fingerprint density at radius 1 is 1.43 bits per heavy atom. The third-order valence-corrected chi connectivity index (χ3v) is 1.65. The average Bonchev–Trinajstić information content (AvgIpc) is 2.15. The van der Waals surface area contributed by atoms with Crippen LogP contribution in [0.15, 0.2) is 18.3 Å². The fraction of sp³-hybridized carbons (Fsp3) is 0.400. The van der Waals surface area contributed by atoms with Crippen molar-refractivity contribution in [2.45, 2.75) is 26.8 Å². The molecule has 0 unspecified atom stereocenters. The van der Waals surface area contributed by atoms with E-state index in [1.807, 2.05) is 26.8 Å². The van der Waals surface area contributed by atoms with Crippen LogP contribution >= 0.6 is 0 Å². The van der Waals surface area contributed by atoms with Crippen LogP contribution in [0.5, 0.6) is 0 Å². The van der Waals surface area contributed by atoms with Gasteiger partial charge >= 0.3 is 0 Å². The molecule has 1 amide bonds. The van der Waals surface area contributed by atoms with Crippen LogP contribution in [0.25, 0.3) is 0 Å². The van der Waals surface area contributed by atoms with Crippen LogP contribution in [0.3, 0.4) is 0 Å². The number of nitrogens with zero attached hydrogens (tertiary/aromatic N) is 1. The molecule has 0 radical (unpaired) electrons. The standard InChI is InChI=1S/C10H15N3O/c1-7(2)12-13-10(14)9-5-4-8(3)11-6-9/h4-7,12H,1-3H3,(H,13,14). The summed E-state index contributed by atoms with van der Waals surface area (Å²) >= 11 is 0. The minimum absolute atomic E-state index is 0.161. The summed E-state index contributed by atoms with van der Waals surface area (Å²) in [7, 11) is 0. The van der Waals surface area contributed by atoms with Crippen LogP contribution in [-0.2, 0) is 0 Å². The molecule has 0 spiro atoms. The molecule has 1 heterocycles. The first-order valence-corrected chi connectivity index (χ1v) is 4.58. The van der Waals surface area contributed by atoms with E-state index >= 15 is 0 Å². The van der Waals surface area contributed by atoms with Gasteiger partial charge in [0.2, 0.25) is 0 Å². The van der Waals surface area contributed by atoms with E-state index in [1.165, 1.54) is 0 Å². The molecule has 0 aromatic carbocycles. The number of rotatable bonds is 3. The van der Waals surface area contributed by atoms with E-state index < -0.39 is 0 Å². The number of carbonyl (C=O) groups excluding carboxylic acids is 1. The fourth-order valence-electron chi connectivity index (χ4n) is 0.884. The van der Waals surface area contributed by atoms with Crippen LogP contribution in [0, 0.1) is 6.92 Å². The summed E-state index contributed by atoms with van der Waals surface area (Å²) in [6, 6.07) is 3.78. The predicted octanol–water partition coefficient (Wildman–Crippen LogP) is 1.03. The second kappa shape index (κ2) is 4.72. The van der Waals surface area contributed by atoms with Gasteiger partial charge in [0.15, 0.2) is 0 Å². The van der Waals surface area contributed by atoms with E-state index in [0.717, 1.165) is 5.69 Å². The number of aryl methyl sites for hydroxylation is 1. The average molecular weight is 193 g/mol. The van der Waals surface area contributed by atoms with Crippen molar-refractivity contribution in [3.8, 4) is 0 Å². The van der Waals surface area contributed by atoms with Gasteiger partial charge < -0.3 is 0 Å². The highest BCUT2D eigenvalue weighted by Gasteiger charge is 2.04. The van der Waals surface area contributed by atoms with Crippen LogP contribution in [-0.4, -0.2) is 16.9 Å². The Balaban J connectivity index is 2.57. The predicted molar refractivity (Wildman–Crippen MR) is 54.7 cm³/mol. The van der Waals surface area contributed by atoms with Gasteiger partial charge in [-0.2, -0.15) is 0 Å². The second-order valence-corrected chi connectivity index (χ2v) is 3.44. The Morgan fingerprint density at radius 3 is 2.64 bits per heavy atom. The highest BCUT2D eigenvalue weighted by atomic mass is 16.2. The van der Waals surface area contributed by atoms with Crippen LogP contribution in [0.4, 0.5) is 0 Å². The SMILES string of the molecule is Cc1ccc(C(=O)NNC(C)C)cn1. The topological polar surface area (TPSA) is 54.0 Å². The number of hydrogen-bond acceptors (Lipinski definition) is 3. The summed E-state index contributed by atoms with van der Waals surface area (Å²) < 4.78 is 0. The number of pyridine rings is 1. The minimum atomic E-state index is -0.161. The van der Waals surface area contributed by atoms with Crippen LogP contribution in [0.2, 0.25) is 0 Å². The fourth-order valence-corrected chi connectivity index (χ4v) is 0.884. The molecule has 0 aliphatic carbocycles. The van der Waals surface area contributed by atoms with E-state index in [9.17, 15) is 4.79 Å². The van der Waals surface area contributed by atoms with E-state index in [1.54, 1.807) is 12.3 Å². The summed E-state index contributed by atoms with van der Waals surface area (Å²) in [5, 5.41) is 0. The first-order chi connectivity index (χ1) is 6.59. The maximum absolute atomic E-state index is 11.4. The van der Waals surface area contributed by atoms with Gasteiger partial charge in [-0.1, -0.05) is 0 Å². The van der Waals surface area contributed by atoms with E-state index in [4.69, 9.17) is 0 Å². The molecule has 0 bridgehead atoms. The van der Waals surface area contributed by atoms with Crippen molar-refractivity contribution in [1.82, 2.24) is 15.8 Å². The molecule has 0 saturated heterocycles. The van der Waals surface area contributed by atoms with Gasteiger partial charge in [-0.05, 0) is 32.9 Å². The maximum atomic E-state index is 11.4. The lowest BCUT2D eigenvalue weighted by atomic mass is 10.2. The molecule has 1 aromatic heterocycles. The molecular weight excluding hydrogens is 178 g/mol. The molecule has 4 heteroatoms. The molecule has 2 N–H and O–H groups in total. The molecule has 76 valence electrons. The summed E-state index contributed by atoms with van der Waals surface area (Å²) in [5.41, 5.74) is 6.88. The molecule has 0 atom stereocenters. The lowest BCUT2D eigenvalue weighted by Gasteiger charge is -2.09. The molecule has 14 heavy (non-hydrogen) atoms. The first kappa shape index (κ1) is 10.7. The number of nitrogens with one attached hydrogen (secondary N) is 2. The zero-order valence-corrected chi connectivity index (χ0v) is 8.66. The summed E-state index contributed by atoms with van der Waals surface area (Å²) in [6.07, 6.45) is 1.56. The Hall–Kier alpha value is -1.42. The molecule has 1 aromatic rings. The largest absolute Gasteiger partial charge is 0.287 e. The van der Waals surface area contributed by atoms with Crippen molar-refractivity contribution in [3.63, 3.8) is 0 Å². The van der Waals surface area contributed by atoms with Gasteiger partial charge in [0.1, 0.15) is 0 Å². The molecule has 4 nitrogen and oxygen atoms in total. The summed E-state index contributed by atoms with van der Waals surface area (Å²) in [5.74, 6) is -0.161. The van der Waals surface area contributed by atoms with Crippen molar-refractivity contribution >= 4 is 5.91 Å². The van der Waals surface area contributed by atoms with E-state index in [-0.39, 0.29) is 11.9 Å². The van der Waals surface area contributed by atoms with Crippen LogP contribution in [0.1, 0.15) is 29.9 Å². The third kappa shape index (κ3) is 3.14. The van der Waals surface area contributed by atoms with Gasteiger partial charge in [0, 0.05) is 17.9 Å².